The Morgan fingerprint density at radius 1 is 1.43 bits per heavy atom. The number of piperidine rings is 1. The van der Waals surface area contributed by atoms with Crippen molar-refractivity contribution in [2.45, 2.75) is 26.7 Å². The van der Waals surface area contributed by atoms with Gasteiger partial charge in [-0.15, -0.1) is 0 Å². The number of hydrogen-bond donors (Lipinski definition) is 0. The third kappa shape index (κ3) is 4.28. The maximum absolute atomic E-state index is 12.0. The van der Waals surface area contributed by atoms with E-state index in [9.17, 15) is 19.7 Å². The lowest BCUT2D eigenvalue weighted by Gasteiger charge is -2.30. The van der Waals surface area contributed by atoms with Crippen LogP contribution in [-0.4, -0.2) is 41.4 Å². The number of rotatable bonds is 4. The number of nitrogens with zero attached hydrogens (tertiary/aromatic N) is 2. The van der Waals surface area contributed by atoms with Crippen LogP contribution in [0.4, 0.5) is 5.69 Å². The molecule has 1 heterocycles. The Kier molecular flexibility index (Phi) is 5.31. The van der Waals surface area contributed by atoms with Gasteiger partial charge in [0.25, 0.3) is 11.6 Å². The van der Waals surface area contributed by atoms with Crippen molar-refractivity contribution in [3.05, 3.63) is 39.4 Å². The number of esters is 1. The molecule has 1 aromatic carbocycles. The zero-order valence-corrected chi connectivity index (χ0v) is 13.3. The third-order valence-electron chi connectivity index (χ3n) is 3.97. The van der Waals surface area contributed by atoms with E-state index in [-0.39, 0.29) is 23.8 Å². The molecule has 1 amide bonds. The number of nitro benzene ring substituents is 1. The van der Waals surface area contributed by atoms with Crippen molar-refractivity contribution < 1.29 is 19.2 Å². The molecule has 0 aliphatic carbocycles. The standard InChI is InChI=1S/C16H20N2O5/c1-11-4-3-7-17(9-11)15(19)10-23-16(20)13-5-6-14(18(21)22)12(2)8-13/h5-6,8,11H,3-4,7,9-10H2,1-2H3/t11-/m0/s1. The summed E-state index contributed by atoms with van der Waals surface area (Å²) in [5.41, 5.74) is 0.522. The molecular weight excluding hydrogens is 300 g/mol. The summed E-state index contributed by atoms with van der Waals surface area (Å²) in [4.78, 5) is 36.0. The lowest BCUT2D eigenvalue weighted by molar-refractivity contribution is -0.385. The number of carbonyl (C=O) groups is 2. The number of nitro groups is 1. The van der Waals surface area contributed by atoms with Gasteiger partial charge in [0.2, 0.25) is 0 Å². The fourth-order valence-electron chi connectivity index (χ4n) is 2.71. The van der Waals surface area contributed by atoms with Crippen LogP contribution in [0.3, 0.4) is 0 Å². The SMILES string of the molecule is Cc1cc(C(=O)OCC(=O)N2CCC[C@H](C)C2)ccc1[N+](=O)[O-]. The fraction of sp³-hybridized carbons (Fsp3) is 0.500. The molecule has 1 aliphatic rings. The molecule has 124 valence electrons. The molecule has 0 spiro atoms. The van der Waals surface area contributed by atoms with Crippen LogP contribution in [-0.2, 0) is 9.53 Å². The van der Waals surface area contributed by atoms with Crippen LogP contribution in [0.1, 0.15) is 35.7 Å². The molecule has 1 aliphatic heterocycles. The maximum atomic E-state index is 12.0. The summed E-state index contributed by atoms with van der Waals surface area (Å²) in [6.45, 7) is 4.71. The predicted octanol–water partition coefficient (Wildman–Crippen LogP) is 2.32. The van der Waals surface area contributed by atoms with E-state index in [2.05, 4.69) is 6.92 Å². The van der Waals surface area contributed by atoms with Crippen molar-refractivity contribution in [2.75, 3.05) is 19.7 Å². The van der Waals surface area contributed by atoms with Gasteiger partial charge >= 0.3 is 5.97 Å². The van der Waals surface area contributed by atoms with Crippen LogP contribution < -0.4 is 0 Å². The Bertz CT molecular complexity index is 629. The van der Waals surface area contributed by atoms with E-state index < -0.39 is 10.9 Å². The Labute approximate surface area is 134 Å². The second kappa shape index (κ2) is 7.21. The first-order chi connectivity index (χ1) is 10.9. The van der Waals surface area contributed by atoms with E-state index in [1.165, 1.54) is 18.2 Å². The average Bonchev–Trinajstić information content (AvgIpc) is 2.51. The van der Waals surface area contributed by atoms with Crippen LogP contribution >= 0.6 is 0 Å². The van der Waals surface area contributed by atoms with Gasteiger partial charge in [0.05, 0.1) is 10.5 Å². The minimum Gasteiger partial charge on any atom is -0.452 e. The first kappa shape index (κ1) is 16.9. The van der Waals surface area contributed by atoms with Crippen LogP contribution in [0.15, 0.2) is 18.2 Å². The largest absolute Gasteiger partial charge is 0.452 e. The molecule has 1 aromatic rings. The van der Waals surface area contributed by atoms with E-state index in [4.69, 9.17) is 4.74 Å². The molecule has 2 rings (SSSR count). The van der Waals surface area contributed by atoms with Gasteiger partial charge in [-0.3, -0.25) is 14.9 Å². The normalized spacial score (nSPS) is 17.7. The summed E-state index contributed by atoms with van der Waals surface area (Å²) < 4.78 is 5.03. The highest BCUT2D eigenvalue weighted by Gasteiger charge is 2.22. The van der Waals surface area contributed by atoms with Crippen molar-refractivity contribution in [2.24, 2.45) is 5.92 Å². The fourth-order valence-corrected chi connectivity index (χ4v) is 2.71. The third-order valence-corrected chi connectivity index (χ3v) is 3.97. The van der Waals surface area contributed by atoms with Crippen LogP contribution in [0.25, 0.3) is 0 Å². The summed E-state index contributed by atoms with van der Waals surface area (Å²) in [7, 11) is 0. The van der Waals surface area contributed by atoms with E-state index in [1.54, 1.807) is 11.8 Å². The second-order valence-electron chi connectivity index (χ2n) is 5.92. The highest BCUT2D eigenvalue weighted by molar-refractivity contribution is 5.91. The number of amides is 1. The Morgan fingerprint density at radius 2 is 2.17 bits per heavy atom. The minimum absolute atomic E-state index is 0.0556. The predicted molar refractivity (Wildman–Crippen MR) is 83.1 cm³/mol. The van der Waals surface area contributed by atoms with Gasteiger partial charge in [-0.25, -0.2) is 4.79 Å². The molecule has 23 heavy (non-hydrogen) atoms. The van der Waals surface area contributed by atoms with Gasteiger partial charge < -0.3 is 9.64 Å². The molecule has 0 N–H and O–H groups in total. The lowest BCUT2D eigenvalue weighted by atomic mass is 10.0. The number of carbonyl (C=O) groups excluding carboxylic acids is 2. The number of ether oxygens (including phenoxy) is 1. The average molecular weight is 320 g/mol. The van der Waals surface area contributed by atoms with E-state index in [0.717, 1.165) is 12.8 Å². The molecule has 1 atom stereocenters. The number of benzene rings is 1. The summed E-state index contributed by atoms with van der Waals surface area (Å²) in [5, 5.41) is 10.8. The zero-order chi connectivity index (χ0) is 17.0. The summed E-state index contributed by atoms with van der Waals surface area (Å²) in [6.07, 6.45) is 2.06. The number of aryl methyl sites for hydroxylation is 1. The molecule has 1 fully saturated rings. The molecule has 7 heteroatoms. The minimum atomic E-state index is -0.651. The van der Waals surface area contributed by atoms with Gasteiger partial charge in [-0.1, -0.05) is 6.92 Å². The molecule has 0 unspecified atom stereocenters. The van der Waals surface area contributed by atoms with Crippen molar-refractivity contribution in [1.82, 2.24) is 4.90 Å². The number of likely N-dealkylation sites (tertiary alicyclic amines) is 1. The lowest BCUT2D eigenvalue weighted by Crippen LogP contribution is -2.41. The summed E-state index contributed by atoms with van der Waals surface area (Å²) in [5.74, 6) is -0.398. The Hall–Kier alpha value is -2.44. The zero-order valence-electron chi connectivity index (χ0n) is 13.3. The Morgan fingerprint density at radius 3 is 2.78 bits per heavy atom. The molecule has 0 radical (unpaired) electrons. The van der Waals surface area contributed by atoms with Gasteiger partial charge in [-0.2, -0.15) is 0 Å². The van der Waals surface area contributed by atoms with Crippen LogP contribution in [0.2, 0.25) is 0 Å². The van der Waals surface area contributed by atoms with E-state index in [0.29, 0.717) is 24.6 Å². The molecule has 0 bridgehead atoms. The monoisotopic (exact) mass is 320 g/mol. The van der Waals surface area contributed by atoms with Gasteiger partial charge in [0.1, 0.15) is 0 Å². The van der Waals surface area contributed by atoms with Gasteiger partial charge in [-0.05, 0) is 37.8 Å². The first-order valence-corrected chi connectivity index (χ1v) is 7.58. The summed E-state index contributed by atoms with van der Waals surface area (Å²) in [6, 6.07) is 3.99. The number of hydrogen-bond acceptors (Lipinski definition) is 5. The van der Waals surface area contributed by atoms with Crippen molar-refractivity contribution in [1.29, 1.82) is 0 Å². The quantitative estimate of drug-likeness (QED) is 0.482. The first-order valence-electron chi connectivity index (χ1n) is 7.58. The molecule has 0 saturated carbocycles. The topological polar surface area (TPSA) is 89.8 Å². The van der Waals surface area contributed by atoms with Crippen LogP contribution in [0, 0.1) is 23.0 Å². The maximum Gasteiger partial charge on any atom is 0.338 e. The highest BCUT2D eigenvalue weighted by atomic mass is 16.6. The van der Waals surface area contributed by atoms with Crippen molar-refractivity contribution in [3.8, 4) is 0 Å². The molecule has 0 aromatic heterocycles. The smallest absolute Gasteiger partial charge is 0.338 e. The molecule has 1 saturated heterocycles. The van der Waals surface area contributed by atoms with E-state index in [1.807, 2.05) is 0 Å². The molecule has 7 nitrogen and oxygen atoms in total. The molecular formula is C16H20N2O5. The van der Waals surface area contributed by atoms with Crippen molar-refractivity contribution >= 4 is 17.6 Å². The van der Waals surface area contributed by atoms with Gasteiger partial charge in [0, 0.05) is 24.7 Å². The highest BCUT2D eigenvalue weighted by Crippen LogP contribution is 2.19. The second-order valence-corrected chi connectivity index (χ2v) is 5.92. The van der Waals surface area contributed by atoms with E-state index >= 15 is 0 Å². The summed E-state index contributed by atoms with van der Waals surface area (Å²) >= 11 is 0. The van der Waals surface area contributed by atoms with Crippen molar-refractivity contribution in [3.63, 3.8) is 0 Å². The Balaban J connectivity index is 1.93. The van der Waals surface area contributed by atoms with Gasteiger partial charge in [0.15, 0.2) is 6.61 Å². The van der Waals surface area contributed by atoms with Crippen LogP contribution in [0.5, 0.6) is 0 Å².